The van der Waals surface area contributed by atoms with Crippen molar-refractivity contribution < 1.29 is 0 Å². The molecule has 1 heterocycles. The van der Waals surface area contributed by atoms with E-state index in [4.69, 9.17) is 4.98 Å². The first-order chi connectivity index (χ1) is 21.6. The summed E-state index contributed by atoms with van der Waals surface area (Å²) >= 11 is 0. The molecule has 218 valence electrons. The Morgan fingerprint density at radius 1 is 0.356 bits per heavy atom. The van der Waals surface area contributed by atoms with Gasteiger partial charge >= 0.3 is 0 Å². The molecule has 1 heteroatoms. The summed E-state index contributed by atoms with van der Waals surface area (Å²) in [7, 11) is 0. The summed E-state index contributed by atoms with van der Waals surface area (Å²) in [6.07, 6.45) is 1.92. The number of hydrogen-bond acceptors (Lipinski definition) is 1. The third kappa shape index (κ3) is 3.47. The Labute approximate surface area is 266 Å². The number of hydrogen-bond donors (Lipinski definition) is 0. The van der Waals surface area contributed by atoms with Crippen LogP contribution in [0.25, 0.3) is 55.8 Å². The minimum Gasteiger partial charge on any atom is -0.256 e. The van der Waals surface area contributed by atoms with Crippen LogP contribution >= 0.6 is 0 Å². The van der Waals surface area contributed by atoms with Gasteiger partial charge in [0.1, 0.15) is 0 Å². The summed E-state index contributed by atoms with van der Waals surface area (Å²) in [6.45, 7) is 14.1. The van der Waals surface area contributed by atoms with Crippen molar-refractivity contribution in [3.05, 3.63) is 149 Å². The van der Waals surface area contributed by atoms with Gasteiger partial charge in [-0.05, 0) is 108 Å². The van der Waals surface area contributed by atoms with Crippen LogP contribution in [-0.2, 0) is 16.2 Å². The second-order valence-corrected chi connectivity index (χ2v) is 14.9. The number of fused-ring (bicyclic) bond motifs is 9. The summed E-state index contributed by atoms with van der Waals surface area (Å²) < 4.78 is 0. The van der Waals surface area contributed by atoms with E-state index in [0.29, 0.717) is 0 Å². The van der Waals surface area contributed by atoms with Crippen molar-refractivity contribution in [1.82, 2.24) is 4.98 Å². The van der Waals surface area contributed by atoms with E-state index in [1.807, 2.05) is 6.20 Å². The van der Waals surface area contributed by atoms with Gasteiger partial charge < -0.3 is 0 Å². The van der Waals surface area contributed by atoms with Gasteiger partial charge in [-0.2, -0.15) is 0 Å². The molecule has 3 aliphatic rings. The predicted octanol–water partition coefficient (Wildman–Crippen LogP) is 11.3. The predicted molar refractivity (Wildman–Crippen MR) is 188 cm³/mol. The maximum Gasteiger partial charge on any atom is 0.0746 e. The Morgan fingerprint density at radius 3 is 1.38 bits per heavy atom. The number of nitrogens with zero attached hydrogens (tertiary/aromatic N) is 1. The van der Waals surface area contributed by atoms with Gasteiger partial charge in [0.2, 0.25) is 0 Å². The summed E-state index contributed by atoms with van der Waals surface area (Å²) in [4.78, 5) is 4.81. The Kier molecular flexibility index (Phi) is 5.15. The molecule has 6 aromatic rings. The SMILES string of the molecule is CC1(C)c2ccccc2-c2ccc(-c3ccc4c(c3)C(C)(C)c3cc(-c5ccc6c(c5)-c5ncccc5C6(C)C)ccc3-4)cc21. The van der Waals surface area contributed by atoms with Crippen LogP contribution in [0.3, 0.4) is 0 Å². The fraction of sp³-hybridized carbons (Fsp3) is 0.205. The van der Waals surface area contributed by atoms with Gasteiger partial charge in [0.05, 0.1) is 5.69 Å². The van der Waals surface area contributed by atoms with E-state index in [0.717, 1.165) is 5.69 Å². The molecule has 1 aromatic heterocycles. The van der Waals surface area contributed by atoms with E-state index >= 15 is 0 Å². The Morgan fingerprint density at radius 2 is 0.778 bits per heavy atom. The number of pyridine rings is 1. The molecule has 0 spiro atoms. The quantitative estimate of drug-likeness (QED) is 0.199. The highest BCUT2D eigenvalue weighted by atomic mass is 14.7. The normalized spacial score (nSPS) is 16.8. The highest BCUT2D eigenvalue weighted by Crippen LogP contribution is 2.53. The second kappa shape index (κ2) is 8.70. The lowest BCUT2D eigenvalue weighted by Gasteiger charge is -2.24. The molecule has 0 saturated heterocycles. The standard InChI is InChI=1S/C44H37N/c1-42(2)36-20-16-26(22-34(36)41-37(42)12-9-21-45-41)27-13-18-32-33-19-15-29(25-40(33)44(5,6)39(32)23-27)28-14-17-31-30-10-7-8-11-35(30)43(3,4)38(31)24-28/h7-25H,1-6H3. The molecule has 0 radical (unpaired) electrons. The third-order valence-electron chi connectivity index (χ3n) is 11.4. The second-order valence-electron chi connectivity index (χ2n) is 14.9. The third-order valence-corrected chi connectivity index (χ3v) is 11.4. The van der Waals surface area contributed by atoms with E-state index in [9.17, 15) is 0 Å². The molecule has 0 amide bonds. The lowest BCUT2D eigenvalue weighted by Crippen LogP contribution is -2.15. The average molecular weight is 580 g/mol. The minimum atomic E-state index is -0.101. The van der Waals surface area contributed by atoms with Crippen LogP contribution in [0.1, 0.15) is 74.9 Å². The monoisotopic (exact) mass is 579 g/mol. The lowest BCUT2D eigenvalue weighted by molar-refractivity contribution is 0.659. The highest BCUT2D eigenvalue weighted by molar-refractivity contribution is 5.89. The number of benzene rings is 5. The van der Waals surface area contributed by atoms with Crippen LogP contribution < -0.4 is 0 Å². The maximum atomic E-state index is 4.81. The zero-order chi connectivity index (χ0) is 30.9. The van der Waals surface area contributed by atoms with Crippen LogP contribution in [0, 0.1) is 0 Å². The molecule has 0 atom stereocenters. The Balaban J connectivity index is 1.10. The maximum absolute atomic E-state index is 4.81. The molecule has 1 nitrogen and oxygen atoms in total. The summed E-state index contributed by atoms with van der Waals surface area (Å²) in [5, 5.41) is 0. The van der Waals surface area contributed by atoms with Crippen molar-refractivity contribution >= 4 is 0 Å². The van der Waals surface area contributed by atoms with Crippen LogP contribution in [0.15, 0.2) is 115 Å². The van der Waals surface area contributed by atoms with Crippen LogP contribution in [0.2, 0.25) is 0 Å². The molecule has 0 N–H and O–H groups in total. The first-order valence-electron chi connectivity index (χ1n) is 16.2. The van der Waals surface area contributed by atoms with Crippen molar-refractivity contribution in [1.29, 1.82) is 0 Å². The van der Waals surface area contributed by atoms with Crippen LogP contribution in [-0.4, -0.2) is 4.98 Å². The van der Waals surface area contributed by atoms with Crippen molar-refractivity contribution in [2.45, 2.75) is 57.8 Å². The van der Waals surface area contributed by atoms with Crippen molar-refractivity contribution in [3.63, 3.8) is 0 Å². The van der Waals surface area contributed by atoms with Gasteiger partial charge in [-0.25, -0.2) is 0 Å². The van der Waals surface area contributed by atoms with E-state index in [2.05, 4.69) is 151 Å². The molecule has 45 heavy (non-hydrogen) atoms. The highest BCUT2D eigenvalue weighted by Gasteiger charge is 2.39. The zero-order valence-electron chi connectivity index (χ0n) is 26.9. The van der Waals surface area contributed by atoms with Gasteiger partial charge in [0.15, 0.2) is 0 Å². The largest absolute Gasteiger partial charge is 0.256 e. The first-order valence-corrected chi connectivity index (χ1v) is 16.2. The molecular weight excluding hydrogens is 542 g/mol. The molecular formula is C44H37N. The molecule has 0 fully saturated rings. The average Bonchev–Trinajstić information content (AvgIpc) is 3.53. The molecule has 9 rings (SSSR count). The van der Waals surface area contributed by atoms with E-state index in [-0.39, 0.29) is 16.2 Å². The number of aromatic nitrogens is 1. The van der Waals surface area contributed by atoms with E-state index in [1.165, 1.54) is 83.5 Å². The molecule has 0 unspecified atom stereocenters. The van der Waals surface area contributed by atoms with Crippen molar-refractivity contribution in [3.8, 4) is 55.8 Å². The lowest BCUT2D eigenvalue weighted by atomic mass is 9.79. The molecule has 3 aliphatic carbocycles. The molecule has 0 aliphatic heterocycles. The molecule has 0 bridgehead atoms. The summed E-state index contributed by atoms with van der Waals surface area (Å²) in [5.41, 5.74) is 21.1. The summed E-state index contributed by atoms with van der Waals surface area (Å²) in [5.74, 6) is 0. The zero-order valence-corrected chi connectivity index (χ0v) is 26.9. The van der Waals surface area contributed by atoms with Crippen molar-refractivity contribution in [2.75, 3.05) is 0 Å². The van der Waals surface area contributed by atoms with Gasteiger partial charge in [0, 0.05) is 28.0 Å². The smallest absolute Gasteiger partial charge is 0.0746 e. The van der Waals surface area contributed by atoms with E-state index in [1.54, 1.807) is 0 Å². The fourth-order valence-electron chi connectivity index (χ4n) is 8.71. The molecule has 0 saturated carbocycles. The van der Waals surface area contributed by atoms with Crippen LogP contribution in [0.4, 0.5) is 0 Å². The van der Waals surface area contributed by atoms with Gasteiger partial charge in [-0.15, -0.1) is 0 Å². The topological polar surface area (TPSA) is 12.9 Å². The Bertz CT molecular complexity index is 2240. The fourth-order valence-corrected chi connectivity index (χ4v) is 8.71. The van der Waals surface area contributed by atoms with E-state index < -0.39 is 0 Å². The van der Waals surface area contributed by atoms with Crippen LogP contribution in [0.5, 0.6) is 0 Å². The van der Waals surface area contributed by atoms with Gasteiger partial charge in [-0.1, -0.05) is 120 Å². The van der Waals surface area contributed by atoms with Gasteiger partial charge in [0.25, 0.3) is 0 Å². The first kappa shape index (κ1) is 26.6. The minimum absolute atomic E-state index is 0.00395. The van der Waals surface area contributed by atoms with Gasteiger partial charge in [-0.3, -0.25) is 4.98 Å². The number of rotatable bonds is 2. The Hall–Kier alpha value is -4.75. The summed E-state index contributed by atoms with van der Waals surface area (Å²) in [6, 6.07) is 41.4. The van der Waals surface area contributed by atoms with Crippen molar-refractivity contribution in [2.24, 2.45) is 0 Å². The molecule has 5 aromatic carbocycles.